The molecule has 1 amide bonds. The van der Waals surface area contributed by atoms with Gasteiger partial charge in [-0.2, -0.15) is 0 Å². The van der Waals surface area contributed by atoms with E-state index in [9.17, 15) is 9.59 Å². The van der Waals surface area contributed by atoms with E-state index in [0.717, 1.165) is 12.8 Å². The van der Waals surface area contributed by atoms with Crippen LogP contribution in [0.2, 0.25) is 0 Å². The Morgan fingerprint density at radius 2 is 2.30 bits per heavy atom. The minimum atomic E-state index is -0.183. The van der Waals surface area contributed by atoms with E-state index in [0.29, 0.717) is 0 Å². The van der Waals surface area contributed by atoms with Crippen LogP contribution in [0.15, 0.2) is 0 Å². The van der Waals surface area contributed by atoms with E-state index in [1.165, 1.54) is 0 Å². The first-order valence-electron chi connectivity index (χ1n) is 3.56. The van der Waals surface area contributed by atoms with Gasteiger partial charge in [0.25, 0.3) is 0 Å². The number of carbonyl (C=O) groups excluding carboxylic acids is 2. The molecule has 0 saturated carbocycles. The second-order valence-electron chi connectivity index (χ2n) is 2.55. The molecule has 1 N–H and O–H groups in total. The first kappa shape index (κ1) is 7.25. The monoisotopic (exact) mass is 141 g/mol. The van der Waals surface area contributed by atoms with Crippen LogP contribution in [0.25, 0.3) is 0 Å². The lowest BCUT2D eigenvalue weighted by atomic mass is 10.1. The van der Waals surface area contributed by atoms with Crippen molar-refractivity contribution in [3.8, 4) is 0 Å². The van der Waals surface area contributed by atoms with Gasteiger partial charge in [0, 0.05) is 0 Å². The van der Waals surface area contributed by atoms with Gasteiger partial charge >= 0.3 is 0 Å². The molecule has 1 heterocycles. The summed E-state index contributed by atoms with van der Waals surface area (Å²) in [5.74, 6) is -0.0738. The highest BCUT2D eigenvalue weighted by atomic mass is 16.2. The molecule has 1 unspecified atom stereocenters. The van der Waals surface area contributed by atoms with Crippen molar-refractivity contribution in [3.63, 3.8) is 0 Å². The Labute approximate surface area is 59.8 Å². The van der Waals surface area contributed by atoms with E-state index in [4.69, 9.17) is 0 Å². The third-order valence-electron chi connectivity index (χ3n) is 1.64. The zero-order valence-electron chi connectivity index (χ0n) is 6.02. The van der Waals surface area contributed by atoms with E-state index >= 15 is 0 Å². The fraction of sp³-hybridized carbons (Fsp3) is 0.714. The Balaban J connectivity index is 2.46. The molecule has 0 aliphatic carbocycles. The summed E-state index contributed by atoms with van der Waals surface area (Å²) in [7, 11) is 0. The van der Waals surface area contributed by atoms with Crippen molar-refractivity contribution in [1.82, 2.24) is 5.32 Å². The second kappa shape index (κ2) is 2.82. The zero-order chi connectivity index (χ0) is 7.56. The van der Waals surface area contributed by atoms with Crippen LogP contribution in [0.4, 0.5) is 0 Å². The quantitative estimate of drug-likeness (QED) is 0.560. The van der Waals surface area contributed by atoms with Crippen LogP contribution in [0, 0.1) is 0 Å². The number of amides is 1. The van der Waals surface area contributed by atoms with Crippen LogP contribution in [-0.2, 0) is 9.59 Å². The van der Waals surface area contributed by atoms with Gasteiger partial charge < -0.3 is 5.32 Å². The summed E-state index contributed by atoms with van der Waals surface area (Å²) in [5.41, 5.74) is 0. The molecule has 3 nitrogen and oxygen atoms in total. The molecular formula is C7H11NO2. The third kappa shape index (κ3) is 1.35. The maximum atomic E-state index is 10.9. The standard InChI is InChI=1S/C7H11NO2/c1-2-3-5-6(9)4-7(10)8-5/h5H,2-4H2,1H3,(H,8,10). The molecule has 1 atom stereocenters. The Kier molecular flexibility index (Phi) is 2.04. The molecule has 56 valence electrons. The Hall–Kier alpha value is -0.860. The van der Waals surface area contributed by atoms with Gasteiger partial charge in [0.15, 0.2) is 5.78 Å². The lowest BCUT2D eigenvalue weighted by Gasteiger charge is -2.04. The summed E-state index contributed by atoms with van der Waals surface area (Å²) in [4.78, 5) is 21.5. The molecule has 0 bridgehead atoms. The van der Waals surface area contributed by atoms with Crippen molar-refractivity contribution >= 4 is 11.7 Å². The van der Waals surface area contributed by atoms with Crippen LogP contribution < -0.4 is 5.32 Å². The van der Waals surface area contributed by atoms with Gasteiger partial charge in [-0.25, -0.2) is 0 Å². The Bertz CT molecular complexity index is 165. The van der Waals surface area contributed by atoms with Crippen LogP contribution in [0.5, 0.6) is 0 Å². The van der Waals surface area contributed by atoms with E-state index < -0.39 is 0 Å². The smallest absolute Gasteiger partial charge is 0.228 e. The van der Waals surface area contributed by atoms with Crippen molar-refractivity contribution in [2.45, 2.75) is 32.2 Å². The highest BCUT2D eigenvalue weighted by molar-refractivity contribution is 6.07. The minimum Gasteiger partial charge on any atom is -0.346 e. The van der Waals surface area contributed by atoms with Crippen LogP contribution in [0.1, 0.15) is 26.2 Å². The summed E-state index contributed by atoms with van der Waals surface area (Å²) in [5, 5.41) is 2.62. The summed E-state index contributed by atoms with van der Waals surface area (Å²) >= 11 is 0. The Morgan fingerprint density at radius 1 is 1.60 bits per heavy atom. The number of hydrogen-bond donors (Lipinski definition) is 1. The topological polar surface area (TPSA) is 46.2 Å². The number of Topliss-reactive ketones (excluding diaryl/α,β-unsaturated/α-hetero) is 1. The minimum absolute atomic E-state index is 0.0480. The molecular weight excluding hydrogens is 130 g/mol. The van der Waals surface area contributed by atoms with Crippen LogP contribution in [0.3, 0.4) is 0 Å². The number of nitrogens with one attached hydrogen (secondary N) is 1. The molecule has 0 radical (unpaired) electrons. The molecule has 0 aromatic heterocycles. The predicted octanol–water partition coefficient (Wildman–Crippen LogP) is 0.244. The largest absolute Gasteiger partial charge is 0.346 e. The van der Waals surface area contributed by atoms with E-state index in [2.05, 4.69) is 5.32 Å². The molecule has 10 heavy (non-hydrogen) atoms. The SMILES string of the molecule is CCCC1NC(=O)CC1=O. The average Bonchev–Trinajstić information content (AvgIpc) is 2.13. The molecule has 1 rings (SSSR count). The molecule has 1 fully saturated rings. The number of rotatable bonds is 2. The summed E-state index contributed by atoms with van der Waals surface area (Å²) in [6.45, 7) is 2.00. The summed E-state index contributed by atoms with van der Waals surface area (Å²) in [6.07, 6.45) is 1.81. The predicted molar refractivity (Wildman–Crippen MR) is 36.5 cm³/mol. The third-order valence-corrected chi connectivity index (χ3v) is 1.64. The number of ketones is 1. The van der Waals surface area contributed by atoms with Gasteiger partial charge in [-0.15, -0.1) is 0 Å². The molecule has 0 spiro atoms. The van der Waals surface area contributed by atoms with Gasteiger partial charge in [0.2, 0.25) is 5.91 Å². The fourth-order valence-corrected chi connectivity index (χ4v) is 1.13. The first-order chi connectivity index (χ1) is 4.74. The van der Waals surface area contributed by atoms with Crippen molar-refractivity contribution in [2.75, 3.05) is 0 Å². The van der Waals surface area contributed by atoms with Gasteiger partial charge in [0.1, 0.15) is 0 Å². The van der Waals surface area contributed by atoms with E-state index in [-0.39, 0.29) is 24.2 Å². The molecule has 1 aliphatic rings. The maximum absolute atomic E-state index is 10.9. The number of carbonyl (C=O) groups is 2. The van der Waals surface area contributed by atoms with Gasteiger partial charge in [-0.05, 0) is 6.42 Å². The summed E-state index contributed by atoms with van der Waals surface area (Å²) < 4.78 is 0. The van der Waals surface area contributed by atoms with Gasteiger partial charge in [-0.3, -0.25) is 9.59 Å². The summed E-state index contributed by atoms with van der Waals surface area (Å²) in [6, 6.07) is -0.183. The lowest BCUT2D eigenvalue weighted by molar-refractivity contribution is -0.122. The van der Waals surface area contributed by atoms with Crippen molar-refractivity contribution in [1.29, 1.82) is 0 Å². The highest BCUT2D eigenvalue weighted by Crippen LogP contribution is 2.07. The van der Waals surface area contributed by atoms with E-state index in [1.54, 1.807) is 0 Å². The average molecular weight is 141 g/mol. The fourth-order valence-electron chi connectivity index (χ4n) is 1.13. The first-order valence-corrected chi connectivity index (χ1v) is 3.56. The van der Waals surface area contributed by atoms with E-state index in [1.807, 2.05) is 6.92 Å². The molecule has 1 aliphatic heterocycles. The highest BCUT2D eigenvalue weighted by Gasteiger charge is 2.28. The van der Waals surface area contributed by atoms with Crippen LogP contribution >= 0.6 is 0 Å². The van der Waals surface area contributed by atoms with Crippen molar-refractivity contribution in [2.24, 2.45) is 0 Å². The molecule has 3 heteroatoms. The zero-order valence-corrected chi connectivity index (χ0v) is 6.02. The van der Waals surface area contributed by atoms with Crippen molar-refractivity contribution in [3.05, 3.63) is 0 Å². The number of hydrogen-bond acceptors (Lipinski definition) is 2. The van der Waals surface area contributed by atoms with Gasteiger partial charge in [0.05, 0.1) is 12.5 Å². The molecule has 0 aromatic carbocycles. The van der Waals surface area contributed by atoms with Gasteiger partial charge in [-0.1, -0.05) is 13.3 Å². The molecule has 1 saturated heterocycles. The molecule has 0 aromatic rings. The lowest BCUT2D eigenvalue weighted by Crippen LogP contribution is -2.28. The normalized spacial score (nSPS) is 25.1. The van der Waals surface area contributed by atoms with Crippen LogP contribution in [-0.4, -0.2) is 17.7 Å². The Morgan fingerprint density at radius 3 is 2.70 bits per heavy atom. The maximum Gasteiger partial charge on any atom is 0.228 e. The second-order valence-corrected chi connectivity index (χ2v) is 2.55. The van der Waals surface area contributed by atoms with Crippen molar-refractivity contribution < 1.29 is 9.59 Å².